The zero-order valence-electron chi connectivity index (χ0n) is 31.6. The SMILES string of the molecule is CCCCOc1ccc([Si](Cn2ccnc2)(c2ccccc2)c2ccc(OCCCC)cc2)cc1.c1ccc(B(c2ccccc2)c2ccccc2)cc1. The van der Waals surface area contributed by atoms with E-state index in [4.69, 9.17) is 9.47 Å². The Kier molecular flexibility index (Phi) is 14.1. The number of aromatic nitrogens is 2. The van der Waals surface area contributed by atoms with E-state index in [1.54, 1.807) is 0 Å². The molecule has 0 amide bonds. The van der Waals surface area contributed by atoms with Gasteiger partial charge in [0.05, 0.1) is 19.5 Å². The Labute approximate surface area is 323 Å². The third kappa shape index (κ3) is 9.88. The number of imidazole rings is 1. The van der Waals surface area contributed by atoms with Crippen molar-refractivity contribution in [3.63, 3.8) is 0 Å². The Bertz CT molecular complexity index is 1900. The highest BCUT2D eigenvalue weighted by molar-refractivity contribution is 7.10. The topological polar surface area (TPSA) is 36.3 Å². The minimum absolute atomic E-state index is 0.309. The van der Waals surface area contributed by atoms with Crippen LogP contribution in [0.4, 0.5) is 0 Å². The van der Waals surface area contributed by atoms with Crippen molar-refractivity contribution in [1.82, 2.24) is 9.55 Å². The van der Waals surface area contributed by atoms with Crippen LogP contribution < -0.4 is 41.4 Å². The maximum atomic E-state index is 5.98. The van der Waals surface area contributed by atoms with E-state index in [1.165, 1.54) is 31.9 Å². The second-order valence-corrected chi connectivity index (χ2v) is 17.5. The van der Waals surface area contributed by atoms with Gasteiger partial charge < -0.3 is 14.0 Å². The number of nitrogens with zero attached hydrogens (tertiary/aromatic N) is 2. The lowest BCUT2D eigenvalue weighted by atomic mass is 9.37. The molecule has 0 saturated carbocycles. The molecule has 1 aromatic heterocycles. The standard InChI is InChI=1S/C30H36N2O2Si.C18H15B/c1-3-5-22-33-26-12-16-29(17-13-26)35(25-32-21-20-31-24-32,28-10-8-7-9-11-28)30-18-14-27(15-19-30)34-23-6-4-2;1-4-10-16(11-5-1)19(17-12-6-2-7-13-17)18-14-8-3-9-15-18/h7-21,24H,3-6,22-23,25H2,1-2H3;1-15H. The molecule has 7 aromatic rings. The fourth-order valence-electron chi connectivity index (χ4n) is 7.00. The first kappa shape index (κ1) is 38.1. The van der Waals surface area contributed by atoms with Crippen molar-refractivity contribution in [3.05, 3.63) is 189 Å². The van der Waals surface area contributed by atoms with Gasteiger partial charge in [-0.05, 0) is 52.7 Å². The molecule has 0 aliphatic rings. The van der Waals surface area contributed by atoms with Crippen molar-refractivity contribution in [1.29, 1.82) is 0 Å². The van der Waals surface area contributed by atoms with Gasteiger partial charge in [-0.3, -0.25) is 0 Å². The highest BCUT2D eigenvalue weighted by Gasteiger charge is 2.40. The van der Waals surface area contributed by atoms with E-state index in [0.717, 1.165) is 56.6 Å². The van der Waals surface area contributed by atoms with Crippen LogP contribution in [0.5, 0.6) is 11.5 Å². The number of unbranched alkanes of at least 4 members (excludes halogenated alkanes) is 2. The third-order valence-corrected chi connectivity index (χ3v) is 14.7. The number of ether oxygens (including phenoxy) is 2. The van der Waals surface area contributed by atoms with Gasteiger partial charge in [0.15, 0.2) is 8.07 Å². The van der Waals surface area contributed by atoms with Crippen LogP contribution in [0, 0.1) is 0 Å². The van der Waals surface area contributed by atoms with Gasteiger partial charge in [0.1, 0.15) is 11.5 Å². The molecule has 0 saturated heterocycles. The number of benzene rings is 6. The number of hydrogen-bond acceptors (Lipinski definition) is 3. The van der Waals surface area contributed by atoms with Crippen molar-refractivity contribution in [2.24, 2.45) is 0 Å². The van der Waals surface area contributed by atoms with Gasteiger partial charge in [0.25, 0.3) is 0 Å². The largest absolute Gasteiger partial charge is 0.494 e. The van der Waals surface area contributed by atoms with E-state index in [2.05, 4.69) is 199 Å². The minimum Gasteiger partial charge on any atom is -0.494 e. The summed E-state index contributed by atoms with van der Waals surface area (Å²) >= 11 is 0. The molecule has 0 fully saturated rings. The van der Waals surface area contributed by atoms with Gasteiger partial charge in [-0.1, -0.05) is 189 Å². The molecule has 54 heavy (non-hydrogen) atoms. The zero-order valence-corrected chi connectivity index (χ0v) is 32.6. The molecule has 4 nitrogen and oxygen atoms in total. The van der Waals surface area contributed by atoms with Gasteiger partial charge in [-0.2, -0.15) is 0 Å². The van der Waals surface area contributed by atoms with Crippen LogP contribution in [-0.4, -0.2) is 37.6 Å². The summed E-state index contributed by atoms with van der Waals surface area (Å²) in [5.41, 5.74) is 4.00. The molecule has 272 valence electrons. The summed E-state index contributed by atoms with van der Waals surface area (Å²) in [5, 5.41) is 4.06. The summed E-state index contributed by atoms with van der Waals surface area (Å²) in [7, 11) is -2.44. The Balaban J connectivity index is 0.000000219. The summed E-state index contributed by atoms with van der Waals surface area (Å²) in [4.78, 5) is 4.34. The summed E-state index contributed by atoms with van der Waals surface area (Å²) in [5.74, 6) is 1.86. The highest BCUT2D eigenvalue weighted by atomic mass is 28.3. The van der Waals surface area contributed by atoms with Crippen LogP contribution in [0.15, 0.2) is 189 Å². The second kappa shape index (κ2) is 20.0. The fraction of sp³-hybridized carbons (Fsp3) is 0.188. The molecule has 0 unspecified atom stereocenters. The lowest BCUT2D eigenvalue weighted by Crippen LogP contribution is -2.69. The third-order valence-electron chi connectivity index (χ3n) is 9.87. The van der Waals surface area contributed by atoms with E-state index in [1.807, 2.05) is 12.5 Å². The molecule has 0 aliphatic heterocycles. The Hall–Kier alpha value is -5.59. The van der Waals surface area contributed by atoms with Gasteiger partial charge >= 0.3 is 0 Å². The van der Waals surface area contributed by atoms with Crippen LogP contribution in [-0.2, 0) is 6.17 Å². The summed E-state index contributed by atoms with van der Waals surface area (Å²) in [6, 6.07) is 60.6. The summed E-state index contributed by atoms with van der Waals surface area (Å²) in [6.45, 7) is 6.19. The molecular formula is C48H51BN2O2Si. The Morgan fingerprint density at radius 1 is 0.500 bits per heavy atom. The summed E-state index contributed by atoms with van der Waals surface area (Å²) in [6.07, 6.45) is 11.1. The predicted molar refractivity (Wildman–Crippen MR) is 231 cm³/mol. The molecule has 0 N–H and O–H groups in total. The molecule has 6 aromatic carbocycles. The zero-order chi connectivity index (χ0) is 37.3. The fourth-order valence-corrected chi connectivity index (χ4v) is 11.5. The van der Waals surface area contributed by atoms with E-state index in [9.17, 15) is 0 Å². The molecule has 0 radical (unpaired) electrons. The normalized spacial score (nSPS) is 10.9. The number of hydrogen-bond donors (Lipinski definition) is 0. The lowest BCUT2D eigenvalue weighted by molar-refractivity contribution is 0.309. The van der Waals surface area contributed by atoms with Crippen molar-refractivity contribution < 1.29 is 9.47 Å². The van der Waals surface area contributed by atoms with E-state index in [0.29, 0.717) is 6.71 Å². The Morgan fingerprint density at radius 2 is 0.889 bits per heavy atom. The molecule has 0 spiro atoms. The van der Waals surface area contributed by atoms with Gasteiger partial charge in [-0.15, -0.1) is 0 Å². The molecular weight excluding hydrogens is 675 g/mol. The smallest absolute Gasteiger partial charge is 0.241 e. The van der Waals surface area contributed by atoms with Crippen molar-refractivity contribution in [2.75, 3.05) is 13.2 Å². The van der Waals surface area contributed by atoms with Crippen LogP contribution in [0.1, 0.15) is 39.5 Å². The van der Waals surface area contributed by atoms with Crippen molar-refractivity contribution in [3.8, 4) is 11.5 Å². The van der Waals surface area contributed by atoms with Gasteiger partial charge in [0.2, 0.25) is 6.71 Å². The predicted octanol–water partition coefficient (Wildman–Crippen LogP) is 7.15. The average molecular weight is 727 g/mol. The average Bonchev–Trinajstić information content (AvgIpc) is 3.76. The van der Waals surface area contributed by atoms with Crippen LogP contribution >= 0.6 is 0 Å². The van der Waals surface area contributed by atoms with Crippen LogP contribution in [0.3, 0.4) is 0 Å². The van der Waals surface area contributed by atoms with Crippen LogP contribution in [0.2, 0.25) is 0 Å². The first-order valence-corrected chi connectivity index (χ1v) is 21.5. The first-order chi connectivity index (χ1) is 26.7. The van der Waals surface area contributed by atoms with E-state index in [-0.39, 0.29) is 0 Å². The number of rotatable bonds is 16. The van der Waals surface area contributed by atoms with Crippen molar-refractivity contribution >= 4 is 46.7 Å². The van der Waals surface area contributed by atoms with E-state index < -0.39 is 8.07 Å². The van der Waals surface area contributed by atoms with Crippen molar-refractivity contribution in [2.45, 2.75) is 45.7 Å². The summed E-state index contributed by atoms with van der Waals surface area (Å²) < 4.78 is 14.2. The highest BCUT2D eigenvalue weighted by Crippen LogP contribution is 2.17. The Morgan fingerprint density at radius 3 is 1.26 bits per heavy atom. The maximum Gasteiger partial charge on any atom is 0.241 e. The van der Waals surface area contributed by atoms with Gasteiger partial charge in [-0.25, -0.2) is 4.98 Å². The molecule has 0 bridgehead atoms. The molecule has 7 rings (SSSR count). The minimum atomic E-state index is -2.44. The van der Waals surface area contributed by atoms with E-state index >= 15 is 0 Å². The van der Waals surface area contributed by atoms with Gasteiger partial charge in [0, 0.05) is 18.6 Å². The maximum absolute atomic E-state index is 5.98. The second-order valence-electron chi connectivity index (χ2n) is 13.6. The molecule has 1 heterocycles. The molecule has 6 heteroatoms. The molecule has 0 aliphatic carbocycles. The molecule has 0 atom stereocenters. The van der Waals surface area contributed by atoms with Crippen LogP contribution in [0.25, 0.3) is 0 Å². The quantitative estimate of drug-likeness (QED) is 0.0603. The lowest BCUT2D eigenvalue weighted by Gasteiger charge is -2.34. The first-order valence-electron chi connectivity index (χ1n) is 19.3. The monoisotopic (exact) mass is 726 g/mol.